The van der Waals surface area contributed by atoms with Gasteiger partial charge in [-0.15, -0.1) is 0 Å². The van der Waals surface area contributed by atoms with Crippen molar-refractivity contribution in [3.63, 3.8) is 0 Å². The zero-order valence-corrected chi connectivity index (χ0v) is 12.1. The summed E-state index contributed by atoms with van der Waals surface area (Å²) in [5, 5.41) is 6.05. The van der Waals surface area contributed by atoms with Gasteiger partial charge in [0.25, 0.3) is 0 Å². The van der Waals surface area contributed by atoms with Gasteiger partial charge >= 0.3 is 6.03 Å². The van der Waals surface area contributed by atoms with Crippen molar-refractivity contribution in [1.82, 2.24) is 0 Å². The van der Waals surface area contributed by atoms with Gasteiger partial charge in [0, 0.05) is 22.9 Å². The fourth-order valence-electron chi connectivity index (χ4n) is 1.64. The molecule has 0 aliphatic heterocycles. The van der Waals surface area contributed by atoms with Gasteiger partial charge in [-0.25, -0.2) is 4.79 Å². The predicted molar refractivity (Wildman–Crippen MR) is 85.1 cm³/mol. The van der Waals surface area contributed by atoms with E-state index in [1.807, 2.05) is 0 Å². The molecule has 2 rings (SSSR count). The number of hydrogen-bond donors (Lipinski definition) is 3. The second kappa shape index (κ2) is 7.52. The number of nitrogens with two attached hydrogens (primary N) is 1. The van der Waals surface area contributed by atoms with Crippen LogP contribution in [0.5, 0.6) is 5.75 Å². The third-order valence-corrected chi connectivity index (χ3v) is 2.85. The summed E-state index contributed by atoms with van der Waals surface area (Å²) in [6.45, 7) is 0.924. The largest absolute Gasteiger partial charge is 0.492 e. The molecule has 0 radical (unpaired) electrons. The van der Waals surface area contributed by atoms with Gasteiger partial charge < -0.3 is 21.1 Å². The van der Waals surface area contributed by atoms with E-state index >= 15 is 0 Å². The molecule has 5 nitrogen and oxygen atoms in total. The molecule has 0 fully saturated rings. The van der Waals surface area contributed by atoms with E-state index in [4.69, 9.17) is 22.1 Å². The van der Waals surface area contributed by atoms with Crippen molar-refractivity contribution in [2.75, 3.05) is 23.8 Å². The highest BCUT2D eigenvalue weighted by atomic mass is 35.5. The van der Waals surface area contributed by atoms with Crippen LogP contribution in [0.1, 0.15) is 0 Å². The number of anilines is 2. The molecule has 0 unspecified atom stereocenters. The van der Waals surface area contributed by atoms with Crippen molar-refractivity contribution in [1.29, 1.82) is 0 Å². The molecule has 0 spiro atoms. The van der Waals surface area contributed by atoms with Crippen LogP contribution in [0.4, 0.5) is 16.2 Å². The van der Waals surface area contributed by atoms with Gasteiger partial charge in [0.1, 0.15) is 12.4 Å². The molecule has 0 aliphatic carbocycles. The Morgan fingerprint density at radius 1 is 1.00 bits per heavy atom. The fourth-order valence-corrected chi connectivity index (χ4v) is 1.76. The lowest BCUT2D eigenvalue weighted by Crippen LogP contribution is -2.19. The second-order valence-corrected chi connectivity index (χ2v) is 4.68. The summed E-state index contributed by atoms with van der Waals surface area (Å²) in [6, 6.07) is 13.6. The van der Waals surface area contributed by atoms with Crippen LogP contribution >= 0.6 is 11.6 Å². The van der Waals surface area contributed by atoms with Crippen LogP contribution in [0.3, 0.4) is 0 Å². The second-order valence-electron chi connectivity index (χ2n) is 4.25. The third kappa shape index (κ3) is 4.98. The van der Waals surface area contributed by atoms with Gasteiger partial charge in [0.05, 0.1) is 0 Å². The topological polar surface area (TPSA) is 76.4 Å². The Morgan fingerprint density at radius 2 is 1.52 bits per heavy atom. The number of halogens is 1. The predicted octanol–water partition coefficient (Wildman–Crippen LogP) is 3.32. The monoisotopic (exact) mass is 305 g/mol. The standard InChI is InChI=1S/C15H16ClN3O2/c16-11-1-3-12(4-2-11)18-15(20)19-13-5-7-14(8-6-13)21-10-9-17/h1-8H,9-10,17H2,(H2,18,19,20). The number of hydrogen-bond acceptors (Lipinski definition) is 3. The molecule has 0 bridgehead atoms. The molecule has 0 saturated heterocycles. The van der Waals surface area contributed by atoms with Crippen molar-refractivity contribution >= 4 is 29.0 Å². The summed E-state index contributed by atoms with van der Waals surface area (Å²) in [5.74, 6) is 0.712. The summed E-state index contributed by atoms with van der Waals surface area (Å²) in [4.78, 5) is 11.8. The molecule has 0 aromatic heterocycles. The Bertz CT molecular complexity index is 585. The zero-order valence-electron chi connectivity index (χ0n) is 11.3. The van der Waals surface area contributed by atoms with Crippen LogP contribution in [0, 0.1) is 0 Å². The van der Waals surface area contributed by atoms with Crippen LogP contribution in [-0.4, -0.2) is 19.2 Å². The molecular weight excluding hydrogens is 290 g/mol. The maximum atomic E-state index is 11.8. The minimum Gasteiger partial charge on any atom is -0.492 e. The van der Waals surface area contributed by atoms with Crippen LogP contribution in [-0.2, 0) is 0 Å². The Labute approximate surface area is 128 Å². The van der Waals surface area contributed by atoms with Crippen molar-refractivity contribution in [3.05, 3.63) is 53.6 Å². The lowest BCUT2D eigenvalue weighted by Gasteiger charge is -2.09. The average molecular weight is 306 g/mol. The number of urea groups is 1. The quantitative estimate of drug-likeness (QED) is 0.793. The van der Waals surface area contributed by atoms with E-state index in [1.165, 1.54) is 0 Å². The first-order valence-electron chi connectivity index (χ1n) is 6.44. The van der Waals surface area contributed by atoms with E-state index in [0.29, 0.717) is 35.3 Å². The van der Waals surface area contributed by atoms with E-state index in [-0.39, 0.29) is 6.03 Å². The fraction of sp³-hybridized carbons (Fsp3) is 0.133. The van der Waals surface area contributed by atoms with Crippen molar-refractivity contribution < 1.29 is 9.53 Å². The Hall–Kier alpha value is -2.24. The van der Waals surface area contributed by atoms with Crippen molar-refractivity contribution in [2.45, 2.75) is 0 Å². The molecule has 2 amide bonds. The van der Waals surface area contributed by atoms with Gasteiger partial charge in [0.15, 0.2) is 0 Å². The van der Waals surface area contributed by atoms with E-state index < -0.39 is 0 Å². The normalized spacial score (nSPS) is 10.0. The van der Waals surface area contributed by atoms with Crippen LogP contribution < -0.4 is 21.1 Å². The van der Waals surface area contributed by atoms with Crippen molar-refractivity contribution in [3.8, 4) is 5.75 Å². The first kappa shape index (κ1) is 15.2. The number of benzene rings is 2. The molecule has 21 heavy (non-hydrogen) atoms. The molecule has 0 saturated carbocycles. The minimum absolute atomic E-state index is 0.326. The molecule has 110 valence electrons. The Balaban J connectivity index is 1.88. The van der Waals surface area contributed by atoms with Gasteiger partial charge in [-0.05, 0) is 48.5 Å². The summed E-state index contributed by atoms with van der Waals surface area (Å²) in [7, 11) is 0. The van der Waals surface area contributed by atoms with Crippen LogP contribution in [0.15, 0.2) is 48.5 Å². The van der Waals surface area contributed by atoms with E-state index in [9.17, 15) is 4.79 Å². The first-order valence-corrected chi connectivity index (χ1v) is 6.81. The lowest BCUT2D eigenvalue weighted by molar-refractivity contribution is 0.262. The zero-order chi connectivity index (χ0) is 15.1. The van der Waals surface area contributed by atoms with Crippen molar-refractivity contribution in [2.24, 2.45) is 5.73 Å². The first-order chi connectivity index (χ1) is 10.2. The molecular formula is C15H16ClN3O2. The Kier molecular flexibility index (Phi) is 5.43. The molecule has 6 heteroatoms. The minimum atomic E-state index is -0.326. The number of nitrogens with one attached hydrogen (secondary N) is 2. The molecule has 0 atom stereocenters. The van der Waals surface area contributed by atoms with E-state index in [2.05, 4.69) is 10.6 Å². The number of carbonyl (C=O) groups excluding carboxylic acids is 1. The van der Waals surface area contributed by atoms with Gasteiger partial charge in [-0.2, -0.15) is 0 Å². The van der Waals surface area contributed by atoms with Gasteiger partial charge in [0.2, 0.25) is 0 Å². The van der Waals surface area contributed by atoms with Gasteiger partial charge in [-0.3, -0.25) is 0 Å². The number of carbonyl (C=O) groups is 1. The molecule has 2 aromatic carbocycles. The molecule has 0 heterocycles. The molecule has 0 aliphatic rings. The highest BCUT2D eigenvalue weighted by molar-refractivity contribution is 6.30. The number of rotatable bonds is 5. The number of ether oxygens (including phenoxy) is 1. The van der Waals surface area contributed by atoms with Crippen LogP contribution in [0.25, 0.3) is 0 Å². The van der Waals surface area contributed by atoms with Gasteiger partial charge in [-0.1, -0.05) is 11.6 Å². The Morgan fingerprint density at radius 3 is 2.05 bits per heavy atom. The maximum absolute atomic E-state index is 11.8. The summed E-state index contributed by atoms with van der Waals surface area (Å²) in [5.41, 5.74) is 6.69. The highest BCUT2D eigenvalue weighted by Crippen LogP contribution is 2.17. The SMILES string of the molecule is NCCOc1ccc(NC(=O)Nc2ccc(Cl)cc2)cc1. The molecule has 4 N–H and O–H groups in total. The van der Waals surface area contributed by atoms with Crippen LogP contribution in [0.2, 0.25) is 5.02 Å². The number of amides is 2. The maximum Gasteiger partial charge on any atom is 0.323 e. The van der Waals surface area contributed by atoms with E-state index in [1.54, 1.807) is 48.5 Å². The summed E-state index contributed by atoms with van der Waals surface area (Å²) >= 11 is 5.78. The van der Waals surface area contributed by atoms with E-state index in [0.717, 1.165) is 0 Å². The average Bonchev–Trinajstić information content (AvgIpc) is 2.49. The third-order valence-electron chi connectivity index (χ3n) is 2.60. The summed E-state index contributed by atoms with van der Waals surface area (Å²) in [6.07, 6.45) is 0. The smallest absolute Gasteiger partial charge is 0.323 e. The summed E-state index contributed by atoms with van der Waals surface area (Å²) < 4.78 is 5.36. The highest BCUT2D eigenvalue weighted by Gasteiger charge is 2.03. The lowest BCUT2D eigenvalue weighted by atomic mass is 10.3. The molecule has 2 aromatic rings.